The number of aliphatic hydroxyl groups excluding tert-OH is 3. The molecule has 7 atom stereocenters. The third kappa shape index (κ3) is 8.77. The lowest BCUT2D eigenvalue weighted by molar-refractivity contribution is -0.146. The van der Waals surface area contributed by atoms with Crippen LogP contribution < -0.4 is 21.7 Å². The molecule has 33 heavy (non-hydrogen) atoms. The van der Waals surface area contributed by atoms with Gasteiger partial charge in [-0.3, -0.25) is 14.4 Å². The van der Waals surface area contributed by atoms with E-state index in [1.165, 1.54) is 13.8 Å². The molecule has 0 spiro atoms. The quantitative estimate of drug-likeness (QED) is 0.159. The van der Waals surface area contributed by atoms with Crippen LogP contribution >= 0.6 is 0 Å². The molecule has 1 aromatic rings. The van der Waals surface area contributed by atoms with Crippen LogP contribution in [0.5, 0.6) is 0 Å². The Balaban J connectivity index is 3.08. The molecule has 0 aromatic heterocycles. The molecule has 12 nitrogen and oxygen atoms in total. The van der Waals surface area contributed by atoms with Crippen molar-refractivity contribution in [3.63, 3.8) is 0 Å². The Hall–Kier alpha value is -3.06. The van der Waals surface area contributed by atoms with Gasteiger partial charge >= 0.3 is 5.97 Å². The van der Waals surface area contributed by atoms with E-state index in [1.807, 2.05) is 0 Å². The molecule has 1 rings (SSSR count). The Labute approximate surface area is 191 Å². The van der Waals surface area contributed by atoms with Crippen LogP contribution in [0.15, 0.2) is 30.3 Å². The van der Waals surface area contributed by atoms with Gasteiger partial charge < -0.3 is 42.1 Å². The fourth-order valence-corrected chi connectivity index (χ4v) is 2.84. The zero-order chi connectivity index (χ0) is 25.3. The molecular weight excluding hydrogens is 436 g/mol. The minimum Gasteiger partial charge on any atom is -0.480 e. The SMILES string of the molecule is CC(O)C(N)C(=O)NC(Cc1ccccc1)C(=O)NC(C(=O)NC(C(=O)O)C(C)O)C(C)O. The first kappa shape index (κ1) is 28.0. The summed E-state index contributed by atoms with van der Waals surface area (Å²) in [4.78, 5) is 49.1. The highest BCUT2D eigenvalue weighted by Gasteiger charge is 2.34. The predicted octanol–water partition coefficient (Wildman–Crippen LogP) is -2.76. The van der Waals surface area contributed by atoms with Crippen LogP contribution in [0, 0.1) is 0 Å². The second-order valence-corrected chi connectivity index (χ2v) is 7.81. The molecule has 184 valence electrons. The van der Waals surface area contributed by atoms with Gasteiger partial charge in [-0.2, -0.15) is 0 Å². The number of hydrogen-bond donors (Lipinski definition) is 8. The first-order valence-corrected chi connectivity index (χ1v) is 10.3. The van der Waals surface area contributed by atoms with E-state index in [1.54, 1.807) is 30.3 Å². The van der Waals surface area contributed by atoms with Crippen molar-refractivity contribution in [2.75, 3.05) is 0 Å². The lowest BCUT2D eigenvalue weighted by atomic mass is 10.0. The summed E-state index contributed by atoms with van der Waals surface area (Å²) in [5, 5.41) is 45.0. The predicted molar refractivity (Wildman–Crippen MR) is 117 cm³/mol. The summed E-state index contributed by atoms with van der Waals surface area (Å²) in [5.41, 5.74) is 6.30. The number of carbonyl (C=O) groups is 4. The molecule has 12 heteroatoms. The van der Waals surface area contributed by atoms with Crippen molar-refractivity contribution >= 4 is 23.7 Å². The molecule has 0 radical (unpaired) electrons. The highest BCUT2D eigenvalue weighted by molar-refractivity contribution is 5.94. The molecule has 1 aromatic carbocycles. The summed E-state index contributed by atoms with van der Waals surface area (Å²) in [7, 11) is 0. The van der Waals surface area contributed by atoms with E-state index in [2.05, 4.69) is 16.0 Å². The number of carboxylic acid groups (broad SMARTS) is 1. The van der Waals surface area contributed by atoms with Crippen molar-refractivity contribution in [1.29, 1.82) is 0 Å². The maximum Gasteiger partial charge on any atom is 0.328 e. The van der Waals surface area contributed by atoms with Crippen LogP contribution in [0.2, 0.25) is 0 Å². The molecule has 0 fully saturated rings. The lowest BCUT2D eigenvalue weighted by Crippen LogP contribution is -2.61. The topological polar surface area (TPSA) is 211 Å². The van der Waals surface area contributed by atoms with Gasteiger partial charge in [-0.1, -0.05) is 30.3 Å². The zero-order valence-electron chi connectivity index (χ0n) is 18.6. The molecule has 0 aliphatic heterocycles. The fraction of sp³-hybridized carbons (Fsp3) is 0.524. The molecule has 0 saturated carbocycles. The van der Waals surface area contributed by atoms with Gasteiger partial charge in [0.05, 0.1) is 18.3 Å². The lowest BCUT2D eigenvalue weighted by Gasteiger charge is -2.27. The summed E-state index contributed by atoms with van der Waals surface area (Å²) < 4.78 is 0. The Morgan fingerprint density at radius 3 is 1.76 bits per heavy atom. The van der Waals surface area contributed by atoms with Crippen molar-refractivity contribution in [2.24, 2.45) is 5.73 Å². The van der Waals surface area contributed by atoms with E-state index < -0.39 is 66.2 Å². The van der Waals surface area contributed by atoms with Gasteiger partial charge in [-0.15, -0.1) is 0 Å². The van der Waals surface area contributed by atoms with Gasteiger partial charge in [0.2, 0.25) is 17.7 Å². The van der Waals surface area contributed by atoms with Gasteiger partial charge in [0.1, 0.15) is 18.1 Å². The van der Waals surface area contributed by atoms with E-state index >= 15 is 0 Å². The number of aliphatic hydroxyl groups is 3. The second-order valence-electron chi connectivity index (χ2n) is 7.81. The van der Waals surface area contributed by atoms with Crippen LogP contribution in [-0.4, -0.2) is 86.6 Å². The largest absolute Gasteiger partial charge is 0.480 e. The molecule has 7 unspecified atom stereocenters. The van der Waals surface area contributed by atoms with Gasteiger partial charge in [-0.05, 0) is 26.3 Å². The van der Waals surface area contributed by atoms with Crippen LogP contribution in [-0.2, 0) is 25.6 Å². The maximum atomic E-state index is 13.0. The van der Waals surface area contributed by atoms with Gasteiger partial charge in [0, 0.05) is 6.42 Å². The number of aliphatic carboxylic acids is 1. The average molecular weight is 469 g/mol. The Bertz CT molecular complexity index is 816. The number of amides is 3. The second kappa shape index (κ2) is 12.8. The third-order valence-corrected chi connectivity index (χ3v) is 4.85. The molecule has 0 bridgehead atoms. The van der Waals surface area contributed by atoms with Crippen LogP contribution in [0.3, 0.4) is 0 Å². The summed E-state index contributed by atoms with van der Waals surface area (Å²) in [5.74, 6) is -4.21. The molecule has 0 heterocycles. The van der Waals surface area contributed by atoms with E-state index in [0.717, 1.165) is 6.92 Å². The summed E-state index contributed by atoms with van der Waals surface area (Å²) in [6.07, 6.45) is -4.06. The zero-order valence-corrected chi connectivity index (χ0v) is 18.6. The summed E-state index contributed by atoms with van der Waals surface area (Å²) >= 11 is 0. The number of benzene rings is 1. The molecular formula is C21H32N4O8. The van der Waals surface area contributed by atoms with Crippen molar-refractivity contribution in [2.45, 2.75) is 69.7 Å². The van der Waals surface area contributed by atoms with E-state index in [9.17, 15) is 34.5 Å². The van der Waals surface area contributed by atoms with Crippen LogP contribution in [0.4, 0.5) is 0 Å². The normalized spacial score (nSPS) is 17.4. The van der Waals surface area contributed by atoms with Gasteiger partial charge in [0.15, 0.2) is 6.04 Å². The number of nitrogens with one attached hydrogen (secondary N) is 3. The summed E-state index contributed by atoms with van der Waals surface area (Å²) in [6.45, 7) is 3.67. The first-order chi connectivity index (χ1) is 15.3. The van der Waals surface area contributed by atoms with Gasteiger partial charge in [-0.25, -0.2) is 4.79 Å². The first-order valence-electron chi connectivity index (χ1n) is 10.3. The van der Waals surface area contributed by atoms with Gasteiger partial charge in [0.25, 0.3) is 0 Å². The molecule has 0 aliphatic carbocycles. The van der Waals surface area contributed by atoms with Crippen molar-refractivity contribution < 1.29 is 39.6 Å². The number of hydrogen-bond acceptors (Lipinski definition) is 8. The highest BCUT2D eigenvalue weighted by atomic mass is 16.4. The maximum absolute atomic E-state index is 13.0. The Morgan fingerprint density at radius 2 is 1.30 bits per heavy atom. The smallest absolute Gasteiger partial charge is 0.328 e. The highest BCUT2D eigenvalue weighted by Crippen LogP contribution is 2.06. The van der Waals surface area contributed by atoms with Crippen molar-refractivity contribution in [3.05, 3.63) is 35.9 Å². The summed E-state index contributed by atoms with van der Waals surface area (Å²) in [6, 6.07) is 2.83. The van der Waals surface area contributed by atoms with E-state index in [0.29, 0.717) is 5.56 Å². The Morgan fingerprint density at radius 1 is 0.788 bits per heavy atom. The van der Waals surface area contributed by atoms with Crippen molar-refractivity contribution in [1.82, 2.24) is 16.0 Å². The van der Waals surface area contributed by atoms with E-state index in [-0.39, 0.29) is 6.42 Å². The number of carboxylic acids is 1. The Kier molecular flexibility index (Phi) is 10.9. The number of nitrogens with two attached hydrogens (primary N) is 1. The minimum atomic E-state index is -1.67. The minimum absolute atomic E-state index is 0.00448. The van der Waals surface area contributed by atoms with Crippen LogP contribution in [0.1, 0.15) is 26.3 Å². The molecule has 9 N–H and O–H groups in total. The molecule has 3 amide bonds. The average Bonchev–Trinajstić information content (AvgIpc) is 2.74. The standard InChI is InChI=1S/C21H32N4O8/c1-10(26)15(22)19(30)23-14(9-13-7-5-4-6-8-13)18(29)24-16(11(2)27)20(31)25-17(12(3)28)21(32)33/h4-8,10-12,14-17,26-28H,9,22H2,1-3H3,(H,23,30)(H,24,29)(H,25,31)(H,32,33). The number of rotatable bonds is 12. The van der Waals surface area contributed by atoms with Crippen LogP contribution in [0.25, 0.3) is 0 Å². The molecule has 0 aliphatic rings. The molecule has 0 saturated heterocycles. The van der Waals surface area contributed by atoms with Crippen molar-refractivity contribution in [3.8, 4) is 0 Å². The number of carbonyl (C=O) groups excluding carboxylic acids is 3. The third-order valence-electron chi connectivity index (χ3n) is 4.85. The monoisotopic (exact) mass is 468 g/mol. The van der Waals surface area contributed by atoms with E-state index in [4.69, 9.17) is 10.8 Å². The fourth-order valence-electron chi connectivity index (χ4n) is 2.84.